The SMILES string of the molecule is CC(C)NC(=O)Nc1n[nH]c2ccc(OCc3c(F)cccc3F)cc12. The Morgan fingerprint density at radius 2 is 1.96 bits per heavy atom. The number of carbonyl (C=O) groups is 1. The number of hydrogen-bond acceptors (Lipinski definition) is 3. The molecule has 3 N–H and O–H groups in total. The summed E-state index contributed by atoms with van der Waals surface area (Å²) in [6.45, 7) is 3.44. The van der Waals surface area contributed by atoms with Crippen LogP contribution in [0.5, 0.6) is 5.75 Å². The number of anilines is 1. The van der Waals surface area contributed by atoms with Gasteiger partial charge in [0.15, 0.2) is 5.82 Å². The first-order valence-electron chi connectivity index (χ1n) is 8.05. The van der Waals surface area contributed by atoms with E-state index in [0.29, 0.717) is 22.5 Å². The van der Waals surface area contributed by atoms with Crippen molar-refractivity contribution in [2.45, 2.75) is 26.5 Å². The second kappa shape index (κ2) is 7.38. The quantitative estimate of drug-likeness (QED) is 0.645. The fourth-order valence-corrected chi connectivity index (χ4v) is 2.41. The molecule has 0 atom stereocenters. The molecule has 3 rings (SSSR count). The predicted molar refractivity (Wildman–Crippen MR) is 94.1 cm³/mol. The smallest absolute Gasteiger partial charge is 0.320 e. The largest absolute Gasteiger partial charge is 0.489 e. The molecule has 0 radical (unpaired) electrons. The van der Waals surface area contributed by atoms with Crippen LogP contribution in [0.4, 0.5) is 19.4 Å². The van der Waals surface area contributed by atoms with Gasteiger partial charge in [-0.2, -0.15) is 5.10 Å². The molecule has 0 bridgehead atoms. The third kappa shape index (κ3) is 3.90. The number of aromatic amines is 1. The molecule has 0 aliphatic heterocycles. The topological polar surface area (TPSA) is 79.0 Å². The first-order valence-corrected chi connectivity index (χ1v) is 8.05. The first kappa shape index (κ1) is 17.7. The number of ether oxygens (including phenoxy) is 1. The maximum Gasteiger partial charge on any atom is 0.320 e. The lowest BCUT2D eigenvalue weighted by Gasteiger charge is -2.10. The Balaban J connectivity index is 1.78. The maximum atomic E-state index is 13.7. The number of benzene rings is 2. The van der Waals surface area contributed by atoms with Crippen LogP contribution in [0.15, 0.2) is 36.4 Å². The highest BCUT2D eigenvalue weighted by Crippen LogP contribution is 2.26. The summed E-state index contributed by atoms with van der Waals surface area (Å²) in [6.07, 6.45) is 0. The lowest BCUT2D eigenvalue weighted by molar-refractivity contribution is 0.250. The number of urea groups is 1. The van der Waals surface area contributed by atoms with Crippen molar-refractivity contribution in [1.29, 1.82) is 0 Å². The van der Waals surface area contributed by atoms with Crippen molar-refractivity contribution < 1.29 is 18.3 Å². The molecular formula is C18H18F2N4O2. The van der Waals surface area contributed by atoms with Gasteiger partial charge in [-0.25, -0.2) is 13.6 Å². The number of fused-ring (bicyclic) bond motifs is 1. The minimum Gasteiger partial charge on any atom is -0.489 e. The van der Waals surface area contributed by atoms with E-state index in [1.165, 1.54) is 18.2 Å². The summed E-state index contributed by atoms with van der Waals surface area (Å²) in [7, 11) is 0. The van der Waals surface area contributed by atoms with Crippen molar-refractivity contribution >= 4 is 22.8 Å². The van der Waals surface area contributed by atoms with E-state index in [0.717, 1.165) is 0 Å². The van der Waals surface area contributed by atoms with Crippen molar-refractivity contribution in [2.24, 2.45) is 0 Å². The molecule has 0 aliphatic rings. The Bertz CT molecular complexity index is 920. The summed E-state index contributed by atoms with van der Waals surface area (Å²) < 4.78 is 32.9. The van der Waals surface area contributed by atoms with Crippen molar-refractivity contribution in [3.63, 3.8) is 0 Å². The Morgan fingerprint density at radius 1 is 1.23 bits per heavy atom. The molecule has 0 spiro atoms. The zero-order valence-electron chi connectivity index (χ0n) is 14.3. The molecule has 2 amide bonds. The average molecular weight is 360 g/mol. The third-order valence-corrected chi connectivity index (χ3v) is 3.63. The lowest BCUT2D eigenvalue weighted by Crippen LogP contribution is -2.34. The summed E-state index contributed by atoms with van der Waals surface area (Å²) >= 11 is 0. The summed E-state index contributed by atoms with van der Waals surface area (Å²) in [6, 6.07) is 8.25. The van der Waals surface area contributed by atoms with Gasteiger partial charge in [0.25, 0.3) is 0 Å². The highest BCUT2D eigenvalue weighted by molar-refractivity contribution is 5.99. The number of rotatable bonds is 5. The van der Waals surface area contributed by atoms with Gasteiger partial charge in [0.2, 0.25) is 0 Å². The molecule has 3 aromatic rings. The average Bonchev–Trinajstić information content (AvgIpc) is 2.96. The van der Waals surface area contributed by atoms with Crippen LogP contribution in [-0.2, 0) is 6.61 Å². The van der Waals surface area contributed by atoms with Gasteiger partial charge in [0, 0.05) is 11.4 Å². The van der Waals surface area contributed by atoms with Gasteiger partial charge in [-0.05, 0) is 44.2 Å². The van der Waals surface area contributed by atoms with E-state index in [4.69, 9.17) is 4.74 Å². The summed E-state index contributed by atoms with van der Waals surface area (Å²) in [5.41, 5.74) is 0.545. The van der Waals surface area contributed by atoms with Crippen molar-refractivity contribution in [3.05, 3.63) is 53.6 Å². The van der Waals surface area contributed by atoms with Gasteiger partial charge < -0.3 is 10.1 Å². The molecule has 1 aromatic heterocycles. The van der Waals surface area contributed by atoms with Gasteiger partial charge >= 0.3 is 6.03 Å². The minimum atomic E-state index is -0.665. The van der Waals surface area contributed by atoms with E-state index in [1.807, 2.05) is 13.8 Å². The van der Waals surface area contributed by atoms with Gasteiger partial charge in [0.05, 0.1) is 11.1 Å². The zero-order valence-corrected chi connectivity index (χ0v) is 14.3. The maximum absolute atomic E-state index is 13.7. The van der Waals surface area contributed by atoms with Gasteiger partial charge in [-0.3, -0.25) is 10.4 Å². The molecule has 1 heterocycles. The Morgan fingerprint density at radius 3 is 2.65 bits per heavy atom. The molecule has 136 valence electrons. The molecule has 0 saturated heterocycles. The van der Waals surface area contributed by atoms with Crippen LogP contribution in [0.25, 0.3) is 10.9 Å². The van der Waals surface area contributed by atoms with Crippen molar-refractivity contribution in [2.75, 3.05) is 5.32 Å². The van der Waals surface area contributed by atoms with Crippen LogP contribution in [0.3, 0.4) is 0 Å². The molecule has 0 saturated carbocycles. The van der Waals surface area contributed by atoms with E-state index >= 15 is 0 Å². The molecular weight excluding hydrogens is 342 g/mol. The zero-order chi connectivity index (χ0) is 18.7. The number of H-pyrrole nitrogens is 1. The van der Waals surface area contributed by atoms with Crippen LogP contribution in [0, 0.1) is 11.6 Å². The van der Waals surface area contributed by atoms with Crippen molar-refractivity contribution in [3.8, 4) is 5.75 Å². The first-order chi connectivity index (χ1) is 12.4. The number of nitrogens with zero attached hydrogens (tertiary/aromatic N) is 1. The number of hydrogen-bond donors (Lipinski definition) is 3. The second-order valence-corrected chi connectivity index (χ2v) is 6.02. The molecule has 2 aromatic carbocycles. The van der Waals surface area contributed by atoms with Crippen LogP contribution < -0.4 is 15.4 Å². The predicted octanol–water partition coefficient (Wildman–Crippen LogP) is 3.95. The Labute approximate surface area is 148 Å². The highest BCUT2D eigenvalue weighted by atomic mass is 19.1. The molecule has 0 unspecified atom stereocenters. The van der Waals surface area contributed by atoms with Crippen LogP contribution in [-0.4, -0.2) is 22.3 Å². The number of carbonyl (C=O) groups excluding carboxylic acids is 1. The van der Waals surface area contributed by atoms with E-state index in [2.05, 4.69) is 20.8 Å². The number of amides is 2. The number of nitrogens with one attached hydrogen (secondary N) is 3. The monoisotopic (exact) mass is 360 g/mol. The Kier molecular flexibility index (Phi) is 5.01. The van der Waals surface area contributed by atoms with E-state index in [9.17, 15) is 13.6 Å². The molecule has 26 heavy (non-hydrogen) atoms. The van der Waals surface area contributed by atoms with Gasteiger partial charge in [-0.15, -0.1) is 0 Å². The van der Waals surface area contributed by atoms with Crippen molar-refractivity contribution in [1.82, 2.24) is 15.5 Å². The number of halogens is 2. The minimum absolute atomic E-state index is 0.0187. The fraction of sp³-hybridized carbons (Fsp3) is 0.222. The van der Waals surface area contributed by atoms with Crippen LogP contribution in [0.2, 0.25) is 0 Å². The molecule has 6 nitrogen and oxygen atoms in total. The summed E-state index contributed by atoms with van der Waals surface area (Å²) in [5.74, 6) is -0.598. The summed E-state index contributed by atoms with van der Waals surface area (Å²) in [5, 5.41) is 12.8. The fourth-order valence-electron chi connectivity index (χ4n) is 2.41. The number of aromatic nitrogens is 2. The summed E-state index contributed by atoms with van der Waals surface area (Å²) in [4.78, 5) is 11.8. The van der Waals surface area contributed by atoms with Crippen LogP contribution >= 0.6 is 0 Å². The van der Waals surface area contributed by atoms with E-state index in [-0.39, 0.29) is 24.2 Å². The normalized spacial score (nSPS) is 11.0. The van der Waals surface area contributed by atoms with E-state index in [1.54, 1.807) is 18.2 Å². The molecule has 8 heteroatoms. The lowest BCUT2D eigenvalue weighted by atomic mass is 10.2. The third-order valence-electron chi connectivity index (χ3n) is 3.63. The van der Waals surface area contributed by atoms with Crippen LogP contribution in [0.1, 0.15) is 19.4 Å². The molecule has 0 fully saturated rings. The van der Waals surface area contributed by atoms with E-state index < -0.39 is 11.6 Å². The standard InChI is InChI=1S/C18H18F2N4O2/c1-10(2)21-18(25)22-17-12-8-11(6-7-16(12)23-24-17)26-9-13-14(19)4-3-5-15(13)20/h3-8,10H,9H2,1-2H3,(H3,21,22,23,24,25). The van der Waals surface area contributed by atoms with Gasteiger partial charge in [-0.1, -0.05) is 6.07 Å². The highest BCUT2D eigenvalue weighted by Gasteiger charge is 2.12. The second-order valence-electron chi connectivity index (χ2n) is 6.02. The Hall–Kier alpha value is -3.16. The van der Waals surface area contributed by atoms with Gasteiger partial charge in [0.1, 0.15) is 24.0 Å². The molecule has 0 aliphatic carbocycles.